The molecule has 0 bridgehead atoms. The second-order valence-corrected chi connectivity index (χ2v) is 5.02. The van der Waals surface area contributed by atoms with Crippen molar-refractivity contribution in [1.82, 2.24) is 10.6 Å². The van der Waals surface area contributed by atoms with E-state index in [4.69, 9.17) is 0 Å². The Morgan fingerprint density at radius 2 is 1.95 bits per heavy atom. The minimum absolute atomic E-state index is 0.124. The zero-order chi connectivity index (χ0) is 15.2. The van der Waals surface area contributed by atoms with Gasteiger partial charge in [0.05, 0.1) is 0 Å². The molecule has 1 fully saturated rings. The van der Waals surface area contributed by atoms with Crippen LogP contribution in [0.1, 0.15) is 23.2 Å². The first-order chi connectivity index (χ1) is 10.1. The molecule has 1 aliphatic heterocycles. The van der Waals surface area contributed by atoms with Crippen molar-refractivity contribution in [2.24, 2.45) is 5.92 Å². The SMILES string of the molecule is O=C(NC(C(=O)O)C1CCNCCC1=O)c1ccccc1. The van der Waals surface area contributed by atoms with Crippen LogP contribution in [0.25, 0.3) is 0 Å². The summed E-state index contributed by atoms with van der Waals surface area (Å²) >= 11 is 0. The van der Waals surface area contributed by atoms with Gasteiger partial charge < -0.3 is 15.7 Å². The number of hydrogen-bond donors (Lipinski definition) is 3. The summed E-state index contributed by atoms with van der Waals surface area (Å²) in [5.41, 5.74) is 0.378. The quantitative estimate of drug-likeness (QED) is 0.748. The highest BCUT2D eigenvalue weighted by Crippen LogP contribution is 2.16. The lowest BCUT2D eigenvalue weighted by molar-refractivity contribution is -0.143. The molecule has 0 saturated carbocycles. The normalized spacial score (nSPS) is 20.4. The highest BCUT2D eigenvalue weighted by Gasteiger charge is 2.35. The number of hydrogen-bond acceptors (Lipinski definition) is 4. The summed E-state index contributed by atoms with van der Waals surface area (Å²) in [6.45, 7) is 1.12. The van der Waals surface area contributed by atoms with Crippen LogP contribution in [0.4, 0.5) is 0 Å². The van der Waals surface area contributed by atoms with Gasteiger partial charge in [-0.3, -0.25) is 9.59 Å². The summed E-state index contributed by atoms with van der Waals surface area (Å²) in [5, 5.41) is 14.9. The third-order valence-corrected chi connectivity index (χ3v) is 3.58. The van der Waals surface area contributed by atoms with Gasteiger partial charge >= 0.3 is 5.97 Å². The number of carbonyl (C=O) groups excluding carboxylic acids is 2. The summed E-state index contributed by atoms with van der Waals surface area (Å²) in [7, 11) is 0. The molecule has 6 nitrogen and oxygen atoms in total. The Balaban J connectivity index is 2.13. The van der Waals surface area contributed by atoms with Gasteiger partial charge in [0.2, 0.25) is 0 Å². The number of ketones is 1. The van der Waals surface area contributed by atoms with E-state index in [1.54, 1.807) is 30.3 Å². The monoisotopic (exact) mass is 290 g/mol. The number of rotatable bonds is 4. The standard InChI is InChI=1S/C15H18N2O4/c18-12-7-9-16-8-6-11(12)13(15(20)21)17-14(19)10-4-2-1-3-5-10/h1-5,11,13,16H,6-9H2,(H,17,19)(H,20,21). The lowest BCUT2D eigenvalue weighted by atomic mass is 9.90. The van der Waals surface area contributed by atoms with Gasteiger partial charge in [-0.25, -0.2) is 4.79 Å². The van der Waals surface area contributed by atoms with Crippen LogP contribution in [0.15, 0.2) is 30.3 Å². The summed E-state index contributed by atoms with van der Waals surface area (Å²) in [4.78, 5) is 35.6. The van der Waals surface area contributed by atoms with Crippen molar-refractivity contribution in [3.05, 3.63) is 35.9 Å². The van der Waals surface area contributed by atoms with E-state index in [2.05, 4.69) is 10.6 Å². The molecule has 1 amide bonds. The molecular weight excluding hydrogens is 272 g/mol. The van der Waals surface area contributed by atoms with Crippen LogP contribution in [-0.2, 0) is 9.59 Å². The summed E-state index contributed by atoms with van der Waals surface area (Å²) < 4.78 is 0. The van der Waals surface area contributed by atoms with E-state index in [1.165, 1.54) is 0 Å². The van der Waals surface area contributed by atoms with Gasteiger partial charge in [0.15, 0.2) is 0 Å². The zero-order valence-corrected chi connectivity index (χ0v) is 11.5. The van der Waals surface area contributed by atoms with Gasteiger partial charge in [-0.05, 0) is 25.1 Å². The van der Waals surface area contributed by atoms with Gasteiger partial charge in [-0.1, -0.05) is 18.2 Å². The predicted octanol–water partition coefficient (Wildman–Crippen LogP) is 0.438. The Morgan fingerprint density at radius 3 is 2.62 bits per heavy atom. The summed E-state index contributed by atoms with van der Waals surface area (Å²) in [6.07, 6.45) is 0.695. The Kier molecular flexibility index (Phi) is 5.05. The molecule has 112 valence electrons. The van der Waals surface area contributed by atoms with E-state index < -0.39 is 23.8 Å². The first-order valence-electron chi connectivity index (χ1n) is 6.91. The average Bonchev–Trinajstić information content (AvgIpc) is 2.70. The molecule has 0 aliphatic carbocycles. The third kappa shape index (κ3) is 3.88. The van der Waals surface area contributed by atoms with Crippen molar-refractivity contribution in [2.45, 2.75) is 18.9 Å². The first-order valence-corrected chi connectivity index (χ1v) is 6.91. The van der Waals surface area contributed by atoms with E-state index in [1.807, 2.05) is 0 Å². The van der Waals surface area contributed by atoms with Crippen LogP contribution in [0.3, 0.4) is 0 Å². The Morgan fingerprint density at radius 1 is 1.24 bits per heavy atom. The molecule has 0 spiro atoms. The number of benzene rings is 1. The molecule has 1 aromatic rings. The van der Waals surface area contributed by atoms with Crippen LogP contribution >= 0.6 is 0 Å². The Hall–Kier alpha value is -2.21. The number of Topliss-reactive ketones (excluding diaryl/α,β-unsaturated/α-hetero) is 1. The maximum atomic E-state index is 12.1. The van der Waals surface area contributed by atoms with E-state index >= 15 is 0 Å². The molecule has 0 radical (unpaired) electrons. The molecule has 1 heterocycles. The zero-order valence-electron chi connectivity index (χ0n) is 11.5. The van der Waals surface area contributed by atoms with Crippen molar-refractivity contribution in [1.29, 1.82) is 0 Å². The van der Waals surface area contributed by atoms with Crippen LogP contribution in [0, 0.1) is 5.92 Å². The topological polar surface area (TPSA) is 95.5 Å². The van der Waals surface area contributed by atoms with Crippen LogP contribution in [0.5, 0.6) is 0 Å². The molecule has 1 saturated heterocycles. The molecule has 3 N–H and O–H groups in total. The number of aliphatic carboxylic acids is 1. The number of nitrogens with one attached hydrogen (secondary N) is 2. The summed E-state index contributed by atoms with van der Waals surface area (Å²) in [6, 6.07) is 7.18. The fourth-order valence-electron chi connectivity index (χ4n) is 2.44. The number of amides is 1. The van der Waals surface area contributed by atoms with E-state index in [0.717, 1.165) is 0 Å². The van der Waals surface area contributed by atoms with Crippen molar-refractivity contribution in [3.63, 3.8) is 0 Å². The van der Waals surface area contributed by atoms with Crippen molar-refractivity contribution < 1.29 is 19.5 Å². The van der Waals surface area contributed by atoms with Crippen LogP contribution in [-0.4, -0.2) is 41.9 Å². The van der Waals surface area contributed by atoms with Gasteiger partial charge in [0.25, 0.3) is 5.91 Å². The minimum atomic E-state index is -1.19. The fraction of sp³-hybridized carbons (Fsp3) is 0.400. The van der Waals surface area contributed by atoms with Gasteiger partial charge in [0.1, 0.15) is 11.8 Å². The van der Waals surface area contributed by atoms with Gasteiger partial charge in [-0.2, -0.15) is 0 Å². The molecule has 0 aromatic heterocycles. The maximum Gasteiger partial charge on any atom is 0.326 e. The van der Waals surface area contributed by atoms with Crippen molar-refractivity contribution in [3.8, 4) is 0 Å². The molecule has 2 rings (SSSR count). The number of carboxylic acid groups (broad SMARTS) is 1. The molecule has 1 aliphatic rings. The van der Waals surface area contributed by atoms with Crippen LogP contribution < -0.4 is 10.6 Å². The number of carbonyl (C=O) groups is 3. The largest absolute Gasteiger partial charge is 0.480 e. The van der Waals surface area contributed by atoms with Gasteiger partial charge in [0, 0.05) is 24.4 Å². The average molecular weight is 290 g/mol. The van der Waals surface area contributed by atoms with Crippen molar-refractivity contribution >= 4 is 17.7 Å². The highest BCUT2D eigenvalue weighted by molar-refractivity contribution is 5.98. The van der Waals surface area contributed by atoms with Gasteiger partial charge in [-0.15, -0.1) is 0 Å². The third-order valence-electron chi connectivity index (χ3n) is 3.58. The Bertz CT molecular complexity index is 530. The highest BCUT2D eigenvalue weighted by atomic mass is 16.4. The molecule has 1 aromatic carbocycles. The second-order valence-electron chi connectivity index (χ2n) is 5.02. The lowest BCUT2D eigenvalue weighted by Crippen LogP contribution is -2.48. The smallest absolute Gasteiger partial charge is 0.326 e. The summed E-state index contributed by atoms with van der Waals surface area (Å²) in [5.74, 6) is -2.47. The van der Waals surface area contributed by atoms with E-state index in [0.29, 0.717) is 25.1 Å². The minimum Gasteiger partial charge on any atom is -0.480 e. The second kappa shape index (κ2) is 6.99. The first kappa shape index (κ1) is 15.2. The van der Waals surface area contributed by atoms with E-state index in [9.17, 15) is 19.5 Å². The fourth-order valence-corrected chi connectivity index (χ4v) is 2.44. The maximum absolute atomic E-state index is 12.1. The molecular formula is C15H18N2O4. The lowest BCUT2D eigenvalue weighted by Gasteiger charge is -2.22. The molecule has 2 unspecified atom stereocenters. The van der Waals surface area contributed by atoms with Crippen molar-refractivity contribution in [2.75, 3.05) is 13.1 Å². The molecule has 2 atom stereocenters. The molecule has 6 heteroatoms. The predicted molar refractivity (Wildman–Crippen MR) is 75.9 cm³/mol. The number of carboxylic acids is 1. The Labute approximate surface area is 122 Å². The molecule has 21 heavy (non-hydrogen) atoms. The van der Waals surface area contributed by atoms with E-state index in [-0.39, 0.29) is 12.2 Å². The van der Waals surface area contributed by atoms with Crippen LogP contribution in [0.2, 0.25) is 0 Å².